The van der Waals surface area contributed by atoms with E-state index in [2.05, 4.69) is 242 Å². The summed E-state index contributed by atoms with van der Waals surface area (Å²) in [4.78, 5) is 5.08. The van der Waals surface area contributed by atoms with Crippen molar-refractivity contribution in [3.05, 3.63) is 194 Å². The molecule has 2 heterocycles. The van der Waals surface area contributed by atoms with Crippen LogP contribution in [0.3, 0.4) is 0 Å². The first-order valence-corrected chi connectivity index (χ1v) is 23.5. The highest BCUT2D eigenvalue weighted by Gasteiger charge is 2.29. The Kier molecular flexibility index (Phi) is 8.39. The summed E-state index contributed by atoms with van der Waals surface area (Å²) < 4.78 is 5.01. The maximum absolute atomic E-state index is 2.54. The Hall–Kier alpha value is -7.82. The Labute approximate surface area is 384 Å². The normalized spacial score (nSPS) is 12.4. The maximum Gasteiger partial charge on any atom is 0.0620 e. The van der Waals surface area contributed by atoms with Gasteiger partial charge in [-0.3, -0.25) is 0 Å². The van der Waals surface area contributed by atoms with Crippen molar-refractivity contribution in [2.75, 3.05) is 9.80 Å². The highest BCUT2D eigenvalue weighted by molar-refractivity contribution is 6.28. The lowest BCUT2D eigenvalue weighted by Crippen LogP contribution is -2.16. The van der Waals surface area contributed by atoms with E-state index in [9.17, 15) is 0 Å². The van der Waals surface area contributed by atoms with E-state index in [1.807, 2.05) is 0 Å². The second-order valence-corrected chi connectivity index (χ2v) is 19.1. The maximum atomic E-state index is 2.54. The van der Waals surface area contributed by atoms with E-state index in [1.165, 1.54) is 104 Å². The third-order valence-corrected chi connectivity index (χ3v) is 14.4. The number of anilines is 6. The van der Waals surface area contributed by atoms with Crippen LogP contribution in [0.5, 0.6) is 0 Å². The number of hydrogen-bond acceptors (Lipinski definition) is 2. The molecular formula is C62H50N4. The summed E-state index contributed by atoms with van der Waals surface area (Å²) >= 11 is 0. The fraction of sp³-hybridized carbons (Fsp3) is 0.129. The van der Waals surface area contributed by atoms with E-state index < -0.39 is 0 Å². The first kappa shape index (κ1) is 38.6. The van der Waals surface area contributed by atoms with Crippen LogP contribution in [0.2, 0.25) is 0 Å². The Morgan fingerprint density at radius 2 is 0.773 bits per heavy atom. The number of rotatable bonds is 8. The molecule has 0 saturated heterocycles. The third-order valence-electron chi connectivity index (χ3n) is 14.4. The van der Waals surface area contributed by atoms with Crippen LogP contribution >= 0.6 is 0 Å². The van der Waals surface area contributed by atoms with Gasteiger partial charge in [-0.2, -0.15) is 0 Å². The second-order valence-electron chi connectivity index (χ2n) is 19.1. The average Bonchev–Trinajstić information content (AvgIpc) is 3.86. The summed E-state index contributed by atoms with van der Waals surface area (Å²) in [6.45, 7) is 13.3. The molecule has 0 saturated carbocycles. The minimum atomic E-state index is -0.0892. The Balaban J connectivity index is 1.16. The van der Waals surface area contributed by atoms with E-state index >= 15 is 0 Å². The van der Waals surface area contributed by atoms with E-state index in [-0.39, 0.29) is 5.41 Å². The van der Waals surface area contributed by atoms with Crippen LogP contribution in [0, 0.1) is 0 Å². The summed E-state index contributed by atoms with van der Waals surface area (Å²) in [5.74, 6) is 0. The molecule has 4 heteroatoms. The Morgan fingerprint density at radius 3 is 1.24 bits per heavy atom. The molecule has 0 fully saturated rings. The van der Waals surface area contributed by atoms with Crippen molar-refractivity contribution >= 4 is 121 Å². The van der Waals surface area contributed by atoms with Crippen molar-refractivity contribution < 1.29 is 0 Å². The fourth-order valence-corrected chi connectivity index (χ4v) is 11.5. The molecule has 0 spiro atoms. The van der Waals surface area contributed by atoms with Crippen LogP contribution < -0.4 is 9.80 Å². The zero-order valence-corrected chi connectivity index (χ0v) is 38.1. The highest BCUT2D eigenvalue weighted by Crippen LogP contribution is 2.53. The molecule has 0 aliphatic rings. The van der Waals surface area contributed by atoms with Gasteiger partial charge in [0, 0.05) is 90.0 Å². The van der Waals surface area contributed by atoms with E-state index in [0.29, 0.717) is 0 Å². The molecule has 2 aromatic heterocycles. The minimum absolute atomic E-state index is 0.0892. The lowest BCUT2D eigenvalue weighted by molar-refractivity contribution is 0.591. The van der Waals surface area contributed by atoms with Crippen LogP contribution in [0.25, 0.3) is 86.7 Å². The molecule has 0 atom stereocenters. The monoisotopic (exact) mass is 850 g/mol. The van der Waals surface area contributed by atoms with Gasteiger partial charge in [0.1, 0.15) is 0 Å². The zero-order valence-electron chi connectivity index (χ0n) is 38.1. The van der Waals surface area contributed by atoms with Crippen LogP contribution in [0.4, 0.5) is 34.1 Å². The van der Waals surface area contributed by atoms with Crippen molar-refractivity contribution in [3.63, 3.8) is 0 Å². The molecule has 4 nitrogen and oxygen atoms in total. The topological polar surface area (TPSA) is 16.3 Å². The molecule has 0 unspecified atom stereocenters. The SMILES string of the molecule is CCn1c2cccc3ccc4cc(N(c5ccccc5)c5c6ccccc6c(N(c6ccccc6)c6cc7ccc8cccc9c8c7c(c6)n9CC)c6cc(C(C)(C)C)ccc56)cc1c4c32. The van der Waals surface area contributed by atoms with E-state index in [0.717, 1.165) is 35.8 Å². The summed E-state index contributed by atoms with van der Waals surface area (Å²) in [6.07, 6.45) is 0. The van der Waals surface area contributed by atoms with Gasteiger partial charge in [0.2, 0.25) is 0 Å². The van der Waals surface area contributed by atoms with Crippen molar-refractivity contribution in [2.45, 2.75) is 53.1 Å². The van der Waals surface area contributed by atoms with Gasteiger partial charge >= 0.3 is 0 Å². The highest BCUT2D eigenvalue weighted by atomic mass is 15.2. The number of para-hydroxylation sites is 2. The van der Waals surface area contributed by atoms with Crippen LogP contribution in [0.15, 0.2) is 188 Å². The standard InChI is InChI=1S/C62H50N4/c1-6-63-52-26-16-18-39-28-30-41-34-46(37-54(63)58(41)56(39)52)65(44-20-10-8-11-21-44)60-48-24-14-15-25-49(48)61(51-36-43(62(3,4)5)32-33-50(51)60)66(45-22-12-9-13-23-45)47-35-42-31-29-40-19-17-27-53-57(40)59(42)55(38-47)64(53)7-2/h8-38H,6-7H2,1-5H3. The van der Waals surface area contributed by atoms with Crippen molar-refractivity contribution in [2.24, 2.45) is 0 Å². The van der Waals surface area contributed by atoms with Crippen molar-refractivity contribution in [1.29, 1.82) is 0 Å². The average molecular weight is 851 g/mol. The Morgan fingerprint density at radius 1 is 0.348 bits per heavy atom. The molecule has 0 bridgehead atoms. The van der Waals surface area contributed by atoms with Gasteiger partial charge in [-0.1, -0.05) is 142 Å². The largest absolute Gasteiger partial charge is 0.341 e. The molecule has 318 valence electrons. The fourth-order valence-electron chi connectivity index (χ4n) is 11.5. The second kappa shape index (κ2) is 14.3. The number of hydrogen-bond donors (Lipinski definition) is 0. The summed E-state index contributed by atoms with van der Waals surface area (Å²) in [5, 5.41) is 15.2. The number of aryl methyl sites for hydroxylation is 2. The van der Waals surface area contributed by atoms with Crippen LogP contribution in [-0.4, -0.2) is 9.13 Å². The molecule has 0 amide bonds. The molecule has 0 aliphatic carbocycles. The smallest absolute Gasteiger partial charge is 0.0620 e. The molecule has 66 heavy (non-hydrogen) atoms. The van der Waals surface area contributed by atoms with Gasteiger partial charge in [0.25, 0.3) is 0 Å². The van der Waals surface area contributed by atoms with Gasteiger partial charge in [0.05, 0.1) is 22.4 Å². The first-order chi connectivity index (χ1) is 32.3. The molecule has 11 aromatic carbocycles. The number of fused-ring (bicyclic) bond motifs is 2. The predicted octanol–water partition coefficient (Wildman–Crippen LogP) is 17.7. The van der Waals surface area contributed by atoms with Crippen LogP contribution in [-0.2, 0) is 18.5 Å². The number of benzene rings is 11. The number of aromatic nitrogens is 2. The zero-order chi connectivity index (χ0) is 44.4. The third kappa shape index (κ3) is 5.51. The lowest BCUT2D eigenvalue weighted by atomic mass is 9.84. The van der Waals surface area contributed by atoms with Crippen molar-refractivity contribution in [1.82, 2.24) is 9.13 Å². The van der Waals surface area contributed by atoms with Gasteiger partial charge in [-0.15, -0.1) is 0 Å². The quantitative estimate of drug-likeness (QED) is 0.0860. The van der Waals surface area contributed by atoms with Crippen LogP contribution in [0.1, 0.15) is 40.2 Å². The van der Waals surface area contributed by atoms with Gasteiger partial charge in [-0.25, -0.2) is 0 Å². The van der Waals surface area contributed by atoms with E-state index in [4.69, 9.17) is 0 Å². The summed E-state index contributed by atoms with van der Waals surface area (Å²) in [6, 6.07) is 70.8. The Bertz CT molecular complexity index is 4000. The van der Waals surface area contributed by atoms with E-state index in [1.54, 1.807) is 0 Å². The predicted molar refractivity (Wildman–Crippen MR) is 284 cm³/mol. The molecule has 13 rings (SSSR count). The van der Waals surface area contributed by atoms with Gasteiger partial charge in [-0.05, 0) is 113 Å². The summed E-state index contributed by atoms with van der Waals surface area (Å²) in [5.41, 5.74) is 13.2. The number of nitrogens with zero attached hydrogens (tertiary/aromatic N) is 4. The summed E-state index contributed by atoms with van der Waals surface area (Å²) in [7, 11) is 0. The lowest BCUT2D eigenvalue weighted by Gasteiger charge is -2.34. The van der Waals surface area contributed by atoms with Gasteiger partial charge in [0.15, 0.2) is 0 Å². The molecule has 0 aliphatic heterocycles. The molecular weight excluding hydrogens is 801 g/mol. The van der Waals surface area contributed by atoms with Gasteiger partial charge < -0.3 is 18.9 Å². The molecule has 0 N–H and O–H groups in total. The molecule has 0 radical (unpaired) electrons. The minimum Gasteiger partial charge on any atom is -0.341 e. The first-order valence-electron chi connectivity index (χ1n) is 23.5. The van der Waals surface area contributed by atoms with Crippen molar-refractivity contribution in [3.8, 4) is 0 Å². The molecule has 13 aromatic rings.